The minimum atomic E-state index is -3.84. The summed E-state index contributed by atoms with van der Waals surface area (Å²) in [4.78, 5) is 37.1. The zero-order chi connectivity index (χ0) is 30.2. The van der Waals surface area contributed by atoms with Gasteiger partial charge in [0.2, 0.25) is 0 Å². The fraction of sp³-hybridized carbons (Fsp3) is 0.478. The molecule has 7 heterocycles. The van der Waals surface area contributed by atoms with Crippen molar-refractivity contribution in [2.45, 2.75) is 37.3 Å². The summed E-state index contributed by atoms with van der Waals surface area (Å²) in [6, 6.07) is -0.135. The number of fused-ring (bicyclic) bond motifs is 6. The van der Waals surface area contributed by atoms with Gasteiger partial charge in [-0.05, 0) is 24.1 Å². The molecular formula is C23H26N10O7P2S2. The Bertz CT molecular complexity index is 1990. The molecule has 0 radical (unpaired) electrons. The zero-order valence-corrected chi connectivity index (χ0v) is 26.2. The third-order valence-corrected chi connectivity index (χ3v) is 11.6. The number of imidazole rings is 3. The van der Waals surface area contributed by atoms with Crippen molar-refractivity contribution in [3.05, 3.63) is 37.7 Å². The van der Waals surface area contributed by atoms with Crippen molar-refractivity contribution in [2.24, 2.45) is 11.8 Å². The normalized spacial score (nSPS) is 35.0. The number of ether oxygens (including phenoxy) is 1. The molecule has 2 aliphatic heterocycles. The molecule has 1 aliphatic carbocycles. The molecule has 1 saturated carbocycles. The van der Waals surface area contributed by atoms with Crippen LogP contribution >= 0.6 is 25.8 Å². The molecule has 0 bridgehead atoms. The van der Waals surface area contributed by atoms with Gasteiger partial charge in [0.15, 0.2) is 28.3 Å². The Hall–Kier alpha value is -2.57. The molecule has 0 amide bonds. The summed E-state index contributed by atoms with van der Waals surface area (Å²) in [5.74, 6) is -0.0597. The Balaban J connectivity index is 1.03. The van der Waals surface area contributed by atoms with Crippen molar-refractivity contribution in [3.8, 4) is 0 Å². The highest BCUT2D eigenvalue weighted by atomic mass is 32.7. The number of nitrogen functional groups attached to an aromatic ring is 1. The molecule has 3 aliphatic rings. The zero-order valence-electron chi connectivity index (χ0n) is 22.7. The van der Waals surface area contributed by atoms with Gasteiger partial charge in [-0.1, -0.05) is 12.2 Å². The fourth-order valence-electron chi connectivity index (χ4n) is 6.12. The monoisotopic (exact) mass is 680 g/mol. The Morgan fingerprint density at radius 2 is 1.70 bits per heavy atom. The van der Waals surface area contributed by atoms with Gasteiger partial charge in [0.1, 0.15) is 30.5 Å². The van der Waals surface area contributed by atoms with Crippen LogP contribution in [0.4, 0.5) is 5.82 Å². The number of anilines is 1. The molecule has 4 unspecified atom stereocenters. The lowest BCUT2D eigenvalue weighted by molar-refractivity contribution is -0.0375. The highest BCUT2D eigenvalue weighted by molar-refractivity contribution is 8.44. The van der Waals surface area contributed by atoms with E-state index >= 15 is 0 Å². The molecule has 5 aromatic rings. The van der Waals surface area contributed by atoms with Crippen LogP contribution < -0.4 is 5.73 Å². The summed E-state index contributed by atoms with van der Waals surface area (Å²) in [7, 11) is 0. The second-order valence-electron chi connectivity index (χ2n) is 10.9. The lowest BCUT2D eigenvalue weighted by Crippen LogP contribution is -2.43. The molecule has 5 aromatic heterocycles. The SMILES string of the molecule is Nc1ncnc2c1ncn2C1C[C@@H]2COP(O)(=S)O[C@H]3CC(n4cnc5c4ncn4ccnc54)O[C@@H]3COP(=O)(S)OC[C@@H]12. The van der Waals surface area contributed by atoms with E-state index in [0.717, 1.165) is 0 Å². The maximum atomic E-state index is 13.3. The summed E-state index contributed by atoms with van der Waals surface area (Å²) in [5, 5.41) is 0. The quantitative estimate of drug-likeness (QED) is 0.181. The van der Waals surface area contributed by atoms with Gasteiger partial charge in [0, 0.05) is 30.8 Å². The van der Waals surface area contributed by atoms with Gasteiger partial charge in [0.25, 0.3) is 0 Å². The third-order valence-electron chi connectivity index (χ3n) is 8.38. The van der Waals surface area contributed by atoms with Crippen LogP contribution in [-0.4, -0.2) is 80.4 Å². The van der Waals surface area contributed by atoms with Crippen LogP contribution in [0.3, 0.4) is 0 Å². The largest absolute Gasteiger partial charge is 0.386 e. The van der Waals surface area contributed by atoms with Crippen molar-refractivity contribution in [2.75, 3.05) is 25.6 Å². The van der Waals surface area contributed by atoms with E-state index in [1.807, 2.05) is 4.57 Å². The standard InChI is InChI=1S/C23H26N10O7P2S2/c24-20-18-22(27-8-26-20)32(10-28-18)14-3-12-5-36-42(35,44)40-15-4-17(39-16(15)7-38-41(34,43)37-6-13(12)14)33-11-29-19-21-25-1-2-31(21)9-30-23(19)33/h1-2,8-17H,3-7H2,(H,34,43)(H,35,44)(H2,24,26,27)/t12-,13-,14?,15+,16-,17?,41?,42?/m1/s1. The van der Waals surface area contributed by atoms with E-state index in [1.54, 1.807) is 40.3 Å². The predicted octanol–water partition coefficient (Wildman–Crippen LogP) is 2.67. The first-order valence-corrected chi connectivity index (χ1v) is 18.9. The summed E-state index contributed by atoms with van der Waals surface area (Å²) < 4.78 is 48.3. The minimum Gasteiger partial charge on any atom is -0.382 e. The molecule has 0 aromatic carbocycles. The van der Waals surface area contributed by atoms with Crippen LogP contribution in [0.2, 0.25) is 0 Å². The van der Waals surface area contributed by atoms with Gasteiger partial charge in [-0.25, -0.2) is 34.5 Å². The summed E-state index contributed by atoms with van der Waals surface area (Å²) in [6.45, 7) is -7.65. The molecule has 8 rings (SSSR count). The minimum absolute atomic E-state index is 0.0292. The van der Waals surface area contributed by atoms with Crippen molar-refractivity contribution < 1.29 is 32.3 Å². The van der Waals surface area contributed by atoms with E-state index < -0.39 is 32.0 Å². The number of rotatable bonds is 2. The Morgan fingerprint density at radius 3 is 2.59 bits per heavy atom. The van der Waals surface area contributed by atoms with Crippen molar-refractivity contribution >= 4 is 71.4 Å². The molecule has 2 saturated heterocycles. The number of nitrogens with zero attached hydrogens (tertiary/aromatic N) is 9. The van der Waals surface area contributed by atoms with Gasteiger partial charge >= 0.3 is 13.5 Å². The molecule has 44 heavy (non-hydrogen) atoms. The topological polar surface area (TPSA) is 201 Å². The Labute approximate surface area is 259 Å². The molecule has 0 spiro atoms. The van der Waals surface area contributed by atoms with Crippen molar-refractivity contribution in [1.29, 1.82) is 0 Å². The highest BCUT2D eigenvalue weighted by Crippen LogP contribution is 2.58. The number of aromatic nitrogens is 9. The van der Waals surface area contributed by atoms with E-state index in [0.29, 0.717) is 34.4 Å². The van der Waals surface area contributed by atoms with Crippen LogP contribution in [0.5, 0.6) is 0 Å². The molecule has 17 nitrogen and oxygen atoms in total. The van der Waals surface area contributed by atoms with Crippen molar-refractivity contribution in [1.82, 2.24) is 43.4 Å². The van der Waals surface area contributed by atoms with E-state index in [2.05, 4.69) is 42.2 Å². The van der Waals surface area contributed by atoms with Gasteiger partial charge < -0.3 is 33.5 Å². The van der Waals surface area contributed by atoms with Gasteiger partial charge in [-0.3, -0.25) is 13.5 Å². The second-order valence-corrected chi connectivity index (χ2v) is 16.6. The smallest absolute Gasteiger partial charge is 0.382 e. The lowest BCUT2D eigenvalue weighted by Gasteiger charge is -2.45. The first-order valence-electron chi connectivity index (χ1n) is 13.7. The van der Waals surface area contributed by atoms with Gasteiger partial charge in [-0.15, -0.1) is 0 Å². The average molecular weight is 681 g/mol. The maximum Gasteiger partial charge on any atom is 0.386 e. The molecule has 3 N–H and O–H groups in total. The van der Waals surface area contributed by atoms with E-state index in [4.69, 9.17) is 40.4 Å². The first-order chi connectivity index (χ1) is 21.2. The number of hydrogen-bond donors (Lipinski definition) is 3. The van der Waals surface area contributed by atoms with Crippen LogP contribution in [0.1, 0.15) is 25.1 Å². The highest BCUT2D eigenvalue weighted by Gasteiger charge is 2.47. The predicted molar refractivity (Wildman–Crippen MR) is 161 cm³/mol. The molecule has 8 atom stereocenters. The third kappa shape index (κ3) is 5.05. The van der Waals surface area contributed by atoms with Crippen LogP contribution in [0.15, 0.2) is 37.7 Å². The Morgan fingerprint density at radius 1 is 0.909 bits per heavy atom. The summed E-state index contributed by atoms with van der Waals surface area (Å²) in [5.41, 5.74) is 8.82. The van der Waals surface area contributed by atoms with E-state index in [9.17, 15) is 9.46 Å². The molecular weight excluding hydrogens is 654 g/mol. The number of hydrogen-bond acceptors (Lipinski definition) is 14. The lowest BCUT2D eigenvalue weighted by atomic mass is 9.70. The average Bonchev–Trinajstić information content (AvgIpc) is 3.76. The molecule has 232 valence electrons. The summed E-state index contributed by atoms with van der Waals surface area (Å²) >= 11 is 9.65. The van der Waals surface area contributed by atoms with E-state index in [1.165, 1.54) is 6.33 Å². The van der Waals surface area contributed by atoms with Gasteiger partial charge in [-0.2, -0.15) is 0 Å². The Kier molecular flexibility index (Phi) is 7.06. The maximum absolute atomic E-state index is 13.3. The molecule has 21 heteroatoms. The summed E-state index contributed by atoms with van der Waals surface area (Å²) in [6.07, 6.45) is 8.42. The van der Waals surface area contributed by atoms with Crippen LogP contribution in [0, 0.1) is 11.8 Å². The second kappa shape index (κ2) is 10.8. The van der Waals surface area contributed by atoms with Crippen LogP contribution in [-0.2, 0) is 39.2 Å². The van der Waals surface area contributed by atoms with E-state index in [-0.39, 0.29) is 49.9 Å². The number of thiol groups is 1. The first kappa shape index (κ1) is 28.9. The fourth-order valence-corrected chi connectivity index (χ4v) is 8.80. The van der Waals surface area contributed by atoms with Crippen molar-refractivity contribution in [3.63, 3.8) is 0 Å². The van der Waals surface area contributed by atoms with Crippen LogP contribution in [0.25, 0.3) is 28.0 Å². The van der Waals surface area contributed by atoms with Gasteiger partial charge in [0.05, 0.1) is 38.6 Å². The number of nitrogens with two attached hydrogens (primary N) is 1. The molecule has 3 fully saturated rings.